The second-order valence-electron chi connectivity index (χ2n) is 3.16. The fourth-order valence-electron chi connectivity index (χ4n) is 1.56. The molecule has 0 spiro atoms. The maximum Gasteiger partial charge on any atom is 0.407 e. The van der Waals surface area contributed by atoms with Crippen LogP contribution in [0.2, 0.25) is 0 Å². The largest absolute Gasteiger partial charge is 0.407 e. The summed E-state index contributed by atoms with van der Waals surface area (Å²) in [5.41, 5.74) is -2.29. The van der Waals surface area contributed by atoms with Crippen molar-refractivity contribution in [1.82, 2.24) is 4.98 Å². The average molecular weight is 221 g/mol. The van der Waals surface area contributed by atoms with Gasteiger partial charge in [0, 0.05) is 18.0 Å². The Hall–Kier alpha value is -0.910. The van der Waals surface area contributed by atoms with E-state index in [0.29, 0.717) is 0 Å². The van der Waals surface area contributed by atoms with Gasteiger partial charge in [0.1, 0.15) is 5.01 Å². The number of thiazole rings is 1. The van der Waals surface area contributed by atoms with Gasteiger partial charge in [-0.15, -0.1) is 11.3 Å². The zero-order valence-corrected chi connectivity index (χ0v) is 7.78. The highest BCUT2D eigenvalue weighted by Crippen LogP contribution is 2.52. The normalized spacial score (nSPS) is 27.5. The van der Waals surface area contributed by atoms with Crippen LogP contribution >= 0.6 is 11.3 Å². The van der Waals surface area contributed by atoms with Crippen molar-refractivity contribution in [3.8, 4) is 0 Å². The van der Waals surface area contributed by atoms with Gasteiger partial charge in [-0.1, -0.05) is 0 Å². The quantitative estimate of drug-likeness (QED) is 0.728. The molecule has 0 N–H and O–H groups in total. The van der Waals surface area contributed by atoms with Crippen LogP contribution in [-0.2, 0) is 10.2 Å². The van der Waals surface area contributed by atoms with Crippen molar-refractivity contribution in [2.75, 3.05) is 0 Å². The van der Waals surface area contributed by atoms with Gasteiger partial charge in [0.25, 0.3) is 0 Å². The molecular weight excluding hydrogens is 215 g/mol. The third kappa shape index (κ3) is 1.03. The van der Waals surface area contributed by atoms with Crippen molar-refractivity contribution in [2.45, 2.75) is 24.4 Å². The van der Waals surface area contributed by atoms with Crippen LogP contribution in [0.5, 0.6) is 0 Å². The maximum atomic E-state index is 12.7. The summed E-state index contributed by atoms with van der Waals surface area (Å²) in [6.45, 7) is 0. The fourth-order valence-corrected chi connectivity index (χ4v) is 2.46. The highest BCUT2D eigenvalue weighted by atomic mass is 32.1. The van der Waals surface area contributed by atoms with Crippen molar-refractivity contribution in [3.05, 3.63) is 16.6 Å². The summed E-state index contributed by atoms with van der Waals surface area (Å²) in [5.74, 6) is -0.764. The molecule has 0 aromatic carbocycles. The van der Waals surface area contributed by atoms with E-state index in [9.17, 15) is 18.0 Å². The van der Waals surface area contributed by atoms with E-state index in [1.165, 1.54) is 11.6 Å². The van der Waals surface area contributed by atoms with Crippen molar-refractivity contribution in [3.63, 3.8) is 0 Å². The number of hydrogen-bond donors (Lipinski definition) is 0. The van der Waals surface area contributed by atoms with E-state index in [2.05, 4.69) is 4.98 Å². The maximum absolute atomic E-state index is 12.7. The first kappa shape index (κ1) is 9.64. The van der Waals surface area contributed by atoms with E-state index in [1.54, 1.807) is 0 Å². The van der Waals surface area contributed by atoms with E-state index >= 15 is 0 Å². The first-order valence-corrected chi connectivity index (χ1v) is 4.86. The average Bonchev–Trinajstić information content (AvgIpc) is 2.53. The Kier molecular flexibility index (Phi) is 1.92. The minimum atomic E-state index is -4.51. The van der Waals surface area contributed by atoms with Crippen LogP contribution in [0.1, 0.15) is 17.8 Å². The first-order valence-electron chi connectivity index (χ1n) is 3.98. The minimum Gasteiger partial charge on any atom is -0.298 e. The Morgan fingerprint density at radius 2 is 2.21 bits per heavy atom. The zero-order valence-electron chi connectivity index (χ0n) is 6.97. The van der Waals surface area contributed by atoms with E-state index in [-0.39, 0.29) is 17.8 Å². The van der Waals surface area contributed by atoms with Crippen LogP contribution in [0.4, 0.5) is 13.2 Å². The molecule has 1 heterocycles. The molecule has 76 valence electrons. The van der Waals surface area contributed by atoms with Crippen molar-refractivity contribution >= 4 is 17.1 Å². The van der Waals surface area contributed by atoms with Crippen LogP contribution in [0, 0.1) is 0 Å². The highest BCUT2D eigenvalue weighted by molar-refractivity contribution is 7.09. The Balaban J connectivity index is 2.48. The molecule has 1 unspecified atom stereocenters. The highest BCUT2D eigenvalue weighted by Gasteiger charge is 2.67. The molecule has 1 aromatic heterocycles. The Morgan fingerprint density at radius 1 is 1.50 bits per heavy atom. The summed E-state index contributed by atoms with van der Waals surface area (Å²) >= 11 is 0.884. The van der Waals surface area contributed by atoms with E-state index < -0.39 is 17.4 Å². The number of ketones is 1. The number of Topliss-reactive ketones (excluding diaryl/α,β-unsaturated/α-hetero) is 1. The van der Waals surface area contributed by atoms with Crippen LogP contribution in [0.3, 0.4) is 0 Å². The Morgan fingerprint density at radius 3 is 2.50 bits per heavy atom. The molecule has 1 fully saturated rings. The zero-order chi connectivity index (χ0) is 10.4. The van der Waals surface area contributed by atoms with Crippen molar-refractivity contribution in [2.24, 2.45) is 0 Å². The lowest BCUT2D eigenvalue weighted by atomic mass is 9.67. The molecular formula is C8H6F3NOS. The number of aromatic nitrogens is 1. The number of nitrogens with zero attached hydrogens (tertiary/aromatic N) is 1. The van der Waals surface area contributed by atoms with Gasteiger partial charge in [-0.05, 0) is 6.42 Å². The molecule has 1 aliphatic rings. The predicted octanol–water partition coefficient (Wildman–Crippen LogP) is 2.31. The molecule has 0 aliphatic heterocycles. The standard InChI is InChI=1S/C8H6F3NOS/c9-8(10,11)7(2-1-5(7)13)6-12-3-4-14-6/h3-4H,1-2H2. The van der Waals surface area contributed by atoms with Crippen molar-refractivity contribution in [1.29, 1.82) is 0 Å². The lowest BCUT2D eigenvalue weighted by Gasteiger charge is -2.39. The second kappa shape index (κ2) is 2.79. The lowest BCUT2D eigenvalue weighted by Crippen LogP contribution is -2.55. The summed E-state index contributed by atoms with van der Waals surface area (Å²) in [6, 6.07) is 0. The third-order valence-electron chi connectivity index (χ3n) is 2.48. The van der Waals surface area contributed by atoms with E-state index in [0.717, 1.165) is 11.3 Å². The molecule has 1 saturated carbocycles. The molecule has 1 aliphatic carbocycles. The first-order chi connectivity index (χ1) is 6.48. The van der Waals surface area contributed by atoms with Gasteiger partial charge in [0.05, 0.1) is 0 Å². The van der Waals surface area contributed by atoms with Gasteiger partial charge in [0.2, 0.25) is 0 Å². The van der Waals surface area contributed by atoms with Gasteiger partial charge in [-0.25, -0.2) is 4.98 Å². The number of carbonyl (C=O) groups excluding carboxylic acids is 1. The SMILES string of the molecule is O=C1CCC1(c1nccs1)C(F)(F)F. The van der Waals surface area contributed by atoms with Gasteiger partial charge >= 0.3 is 6.18 Å². The molecule has 1 atom stereocenters. The van der Waals surface area contributed by atoms with Crippen molar-refractivity contribution < 1.29 is 18.0 Å². The van der Waals surface area contributed by atoms with Gasteiger partial charge < -0.3 is 0 Å². The molecule has 1 aromatic rings. The Bertz CT molecular complexity index is 359. The summed E-state index contributed by atoms with van der Waals surface area (Å²) in [7, 11) is 0. The third-order valence-corrected chi connectivity index (χ3v) is 3.42. The number of hydrogen-bond acceptors (Lipinski definition) is 3. The summed E-state index contributed by atoms with van der Waals surface area (Å²) < 4.78 is 38.1. The van der Waals surface area contributed by atoms with Crippen LogP contribution in [0.15, 0.2) is 11.6 Å². The summed E-state index contributed by atoms with van der Waals surface area (Å²) in [6.07, 6.45) is -3.39. The monoisotopic (exact) mass is 221 g/mol. The minimum absolute atomic E-state index is 0.000903. The van der Waals surface area contributed by atoms with Gasteiger partial charge in [0.15, 0.2) is 11.2 Å². The molecule has 0 radical (unpaired) electrons. The predicted molar refractivity (Wildman–Crippen MR) is 44.1 cm³/mol. The van der Waals surface area contributed by atoms with Crippen LogP contribution < -0.4 is 0 Å². The van der Waals surface area contributed by atoms with E-state index in [4.69, 9.17) is 0 Å². The van der Waals surface area contributed by atoms with Gasteiger partial charge in [-0.3, -0.25) is 4.79 Å². The van der Waals surface area contributed by atoms with Crippen LogP contribution in [0.25, 0.3) is 0 Å². The van der Waals surface area contributed by atoms with E-state index in [1.807, 2.05) is 0 Å². The summed E-state index contributed by atoms with van der Waals surface area (Å²) in [5, 5.41) is 1.33. The molecule has 2 rings (SSSR count). The molecule has 14 heavy (non-hydrogen) atoms. The molecule has 0 saturated heterocycles. The molecule has 0 bridgehead atoms. The smallest absolute Gasteiger partial charge is 0.298 e. The summed E-state index contributed by atoms with van der Waals surface area (Å²) in [4.78, 5) is 14.7. The van der Waals surface area contributed by atoms with Gasteiger partial charge in [-0.2, -0.15) is 13.2 Å². The number of rotatable bonds is 1. The van der Waals surface area contributed by atoms with Crippen LogP contribution in [-0.4, -0.2) is 16.9 Å². The number of carbonyl (C=O) groups is 1. The fraction of sp³-hybridized carbons (Fsp3) is 0.500. The molecule has 6 heteroatoms. The molecule has 2 nitrogen and oxygen atoms in total. The lowest BCUT2D eigenvalue weighted by molar-refractivity contribution is -0.208. The number of alkyl halides is 3. The Labute approximate surface area is 81.8 Å². The second-order valence-corrected chi connectivity index (χ2v) is 4.06. The molecule has 0 amide bonds. The topological polar surface area (TPSA) is 30.0 Å². The number of halogens is 3.